The molecule has 0 bridgehead atoms. The van der Waals surface area contributed by atoms with Crippen molar-refractivity contribution in [2.75, 3.05) is 7.05 Å². The monoisotopic (exact) mass is 298 g/mol. The van der Waals surface area contributed by atoms with Crippen LogP contribution in [0.4, 0.5) is 13.2 Å². The Morgan fingerprint density at radius 2 is 1.90 bits per heavy atom. The predicted octanol–water partition coefficient (Wildman–Crippen LogP) is 2.78. The van der Waals surface area contributed by atoms with E-state index in [2.05, 4.69) is 15.4 Å². The maximum atomic E-state index is 13.9. The van der Waals surface area contributed by atoms with Crippen molar-refractivity contribution in [3.05, 3.63) is 47.3 Å². The van der Waals surface area contributed by atoms with Gasteiger partial charge in [0.25, 0.3) is 0 Å². The zero-order chi connectivity index (χ0) is 15.6. The average Bonchev–Trinajstić information content (AvgIpc) is 2.91. The molecule has 2 aromatic rings. The fourth-order valence-corrected chi connectivity index (χ4v) is 2.21. The number of nitrogens with zero attached hydrogens (tertiary/aromatic N) is 3. The van der Waals surface area contributed by atoms with Crippen LogP contribution < -0.4 is 5.32 Å². The Morgan fingerprint density at radius 3 is 2.52 bits per heavy atom. The normalized spacial score (nSPS) is 12.9. The number of aromatic nitrogens is 3. The lowest BCUT2D eigenvalue weighted by Gasteiger charge is -2.18. The van der Waals surface area contributed by atoms with Gasteiger partial charge in [-0.15, -0.1) is 0 Å². The third-order valence-electron chi connectivity index (χ3n) is 3.31. The molecule has 1 aromatic carbocycles. The molecule has 21 heavy (non-hydrogen) atoms. The van der Waals surface area contributed by atoms with Crippen molar-refractivity contribution in [1.29, 1.82) is 0 Å². The van der Waals surface area contributed by atoms with E-state index >= 15 is 0 Å². The van der Waals surface area contributed by atoms with Crippen molar-refractivity contribution in [2.45, 2.75) is 32.4 Å². The van der Waals surface area contributed by atoms with Crippen LogP contribution in [0.1, 0.15) is 37.3 Å². The van der Waals surface area contributed by atoms with Gasteiger partial charge < -0.3 is 5.32 Å². The summed E-state index contributed by atoms with van der Waals surface area (Å²) in [5.41, 5.74) is 0.0645. The third-order valence-corrected chi connectivity index (χ3v) is 3.31. The van der Waals surface area contributed by atoms with Gasteiger partial charge in [0, 0.05) is 24.1 Å². The molecule has 0 radical (unpaired) electrons. The number of rotatable bonds is 5. The molecule has 0 aliphatic rings. The van der Waals surface area contributed by atoms with Crippen LogP contribution in [0.5, 0.6) is 0 Å². The second kappa shape index (κ2) is 6.26. The van der Waals surface area contributed by atoms with Crippen molar-refractivity contribution in [1.82, 2.24) is 20.1 Å². The first-order valence-electron chi connectivity index (χ1n) is 6.64. The number of likely N-dealkylation sites (N-methyl/N-ethyl adjacent to an activating group) is 1. The third kappa shape index (κ3) is 3.07. The van der Waals surface area contributed by atoms with E-state index in [1.54, 1.807) is 11.7 Å². The molecule has 1 heterocycles. The molecule has 1 N–H and O–H groups in total. The molecule has 0 amide bonds. The fourth-order valence-electron chi connectivity index (χ4n) is 2.21. The molecule has 0 saturated carbocycles. The molecule has 0 spiro atoms. The number of nitrogens with one attached hydrogen (secondary N) is 1. The van der Waals surface area contributed by atoms with Gasteiger partial charge in [-0.25, -0.2) is 22.8 Å². The summed E-state index contributed by atoms with van der Waals surface area (Å²) in [6.07, 6.45) is 1.74. The molecule has 7 heteroatoms. The Labute approximate surface area is 121 Å². The maximum Gasteiger partial charge on any atom is 0.194 e. The van der Waals surface area contributed by atoms with E-state index in [0.717, 1.165) is 6.07 Å². The Balaban J connectivity index is 2.33. The van der Waals surface area contributed by atoms with Crippen molar-refractivity contribution < 1.29 is 13.2 Å². The molecular weight excluding hydrogens is 281 g/mol. The molecular formula is C14H17F3N4. The van der Waals surface area contributed by atoms with Crippen LogP contribution in [0.3, 0.4) is 0 Å². The number of hydrogen-bond donors (Lipinski definition) is 1. The van der Waals surface area contributed by atoms with Crippen LogP contribution in [-0.4, -0.2) is 21.8 Å². The zero-order valence-electron chi connectivity index (χ0n) is 12.1. The molecule has 0 aliphatic carbocycles. The summed E-state index contributed by atoms with van der Waals surface area (Å²) < 4.78 is 42.0. The summed E-state index contributed by atoms with van der Waals surface area (Å²) in [5.74, 6) is -3.19. The smallest absolute Gasteiger partial charge is 0.194 e. The number of halogens is 3. The van der Waals surface area contributed by atoms with Crippen LogP contribution in [-0.2, 0) is 6.42 Å². The van der Waals surface area contributed by atoms with Crippen LogP contribution >= 0.6 is 0 Å². The highest BCUT2D eigenvalue weighted by molar-refractivity contribution is 5.24. The summed E-state index contributed by atoms with van der Waals surface area (Å²) in [7, 11) is 1.63. The lowest BCUT2D eigenvalue weighted by Crippen LogP contribution is -2.23. The minimum atomic E-state index is -1.46. The Bertz CT molecular complexity index is 625. The van der Waals surface area contributed by atoms with Crippen molar-refractivity contribution in [2.24, 2.45) is 0 Å². The van der Waals surface area contributed by atoms with E-state index < -0.39 is 23.5 Å². The van der Waals surface area contributed by atoms with Gasteiger partial charge in [0.1, 0.15) is 12.2 Å². The van der Waals surface area contributed by atoms with E-state index in [-0.39, 0.29) is 11.6 Å². The minimum Gasteiger partial charge on any atom is -0.313 e. The fraction of sp³-hybridized carbons (Fsp3) is 0.429. The highest BCUT2D eigenvalue weighted by atomic mass is 19.2. The SMILES string of the molecule is CNC(Cc1ncnn1C(C)C)c1ccc(F)c(F)c1F. The van der Waals surface area contributed by atoms with Gasteiger partial charge in [0.05, 0.1) is 0 Å². The quantitative estimate of drug-likeness (QED) is 0.863. The van der Waals surface area contributed by atoms with E-state index in [4.69, 9.17) is 0 Å². The van der Waals surface area contributed by atoms with Gasteiger partial charge in [-0.3, -0.25) is 0 Å². The maximum absolute atomic E-state index is 13.9. The van der Waals surface area contributed by atoms with E-state index in [1.165, 1.54) is 12.4 Å². The molecule has 1 aromatic heterocycles. The van der Waals surface area contributed by atoms with E-state index in [0.29, 0.717) is 12.2 Å². The number of benzene rings is 1. The minimum absolute atomic E-state index is 0.0645. The van der Waals surface area contributed by atoms with Crippen molar-refractivity contribution >= 4 is 0 Å². The first-order valence-corrected chi connectivity index (χ1v) is 6.64. The lowest BCUT2D eigenvalue weighted by atomic mass is 10.0. The molecule has 4 nitrogen and oxygen atoms in total. The highest BCUT2D eigenvalue weighted by Crippen LogP contribution is 2.24. The predicted molar refractivity (Wildman–Crippen MR) is 72.2 cm³/mol. The standard InChI is InChI=1S/C14H17F3N4/c1-8(2)21-12(19-7-20-21)6-11(18-3)9-4-5-10(15)14(17)13(9)16/h4-5,7-8,11,18H,6H2,1-3H3. The largest absolute Gasteiger partial charge is 0.313 e. The summed E-state index contributed by atoms with van der Waals surface area (Å²) in [6, 6.07) is 1.74. The number of hydrogen-bond acceptors (Lipinski definition) is 3. The van der Waals surface area contributed by atoms with Gasteiger partial charge in [-0.1, -0.05) is 6.07 Å². The van der Waals surface area contributed by atoms with Gasteiger partial charge in [-0.2, -0.15) is 5.10 Å². The van der Waals surface area contributed by atoms with Crippen molar-refractivity contribution in [3.8, 4) is 0 Å². The first-order chi connectivity index (χ1) is 9.95. The molecule has 0 saturated heterocycles. The average molecular weight is 298 g/mol. The van der Waals surface area contributed by atoms with E-state index in [9.17, 15) is 13.2 Å². The van der Waals surface area contributed by atoms with Gasteiger partial charge in [-0.05, 0) is 27.0 Å². The molecule has 0 fully saturated rings. The second-order valence-corrected chi connectivity index (χ2v) is 5.02. The lowest BCUT2D eigenvalue weighted by molar-refractivity contribution is 0.422. The van der Waals surface area contributed by atoms with Crippen LogP contribution in [0.25, 0.3) is 0 Å². The highest BCUT2D eigenvalue weighted by Gasteiger charge is 2.22. The zero-order valence-corrected chi connectivity index (χ0v) is 12.1. The van der Waals surface area contributed by atoms with Gasteiger partial charge >= 0.3 is 0 Å². The van der Waals surface area contributed by atoms with Crippen molar-refractivity contribution in [3.63, 3.8) is 0 Å². The molecule has 0 aliphatic heterocycles. The summed E-state index contributed by atoms with van der Waals surface area (Å²) in [4.78, 5) is 4.14. The van der Waals surface area contributed by atoms with Crippen LogP contribution in [0.15, 0.2) is 18.5 Å². The Kier molecular flexibility index (Phi) is 4.62. The Morgan fingerprint density at radius 1 is 1.19 bits per heavy atom. The summed E-state index contributed by atoms with van der Waals surface area (Å²) in [6.45, 7) is 3.90. The van der Waals surface area contributed by atoms with Crippen LogP contribution in [0, 0.1) is 17.5 Å². The molecule has 2 rings (SSSR count). The summed E-state index contributed by atoms with van der Waals surface area (Å²) >= 11 is 0. The second-order valence-electron chi connectivity index (χ2n) is 5.02. The van der Waals surface area contributed by atoms with E-state index in [1.807, 2.05) is 13.8 Å². The Hall–Kier alpha value is -1.89. The van der Waals surface area contributed by atoms with Gasteiger partial charge in [0.2, 0.25) is 0 Å². The van der Waals surface area contributed by atoms with Gasteiger partial charge in [0.15, 0.2) is 17.5 Å². The summed E-state index contributed by atoms with van der Waals surface area (Å²) in [5, 5.41) is 7.00. The molecule has 1 unspecified atom stereocenters. The topological polar surface area (TPSA) is 42.7 Å². The van der Waals surface area contributed by atoms with Crippen LogP contribution in [0.2, 0.25) is 0 Å². The molecule has 1 atom stereocenters. The first kappa shape index (κ1) is 15.5. The molecule has 114 valence electrons.